The van der Waals surface area contributed by atoms with Crippen molar-refractivity contribution < 1.29 is 28.7 Å². The monoisotopic (exact) mass is 425 g/mol. The molecule has 0 saturated carbocycles. The molecular weight excluding hydrogens is 398 g/mol. The molecule has 0 unspecified atom stereocenters. The highest BCUT2D eigenvalue weighted by molar-refractivity contribution is 7.10. The molecule has 3 amide bonds. The zero-order valence-corrected chi connectivity index (χ0v) is 17.7. The second kappa shape index (κ2) is 9.73. The van der Waals surface area contributed by atoms with Crippen molar-refractivity contribution in [2.24, 2.45) is 5.73 Å². The second-order valence-corrected chi connectivity index (χ2v) is 8.75. The maximum atomic E-state index is 12.4. The number of primary amides is 1. The van der Waals surface area contributed by atoms with Crippen molar-refractivity contribution in [2.75, 3.05) is 13.2 Å². The first-order chi connectivity index (χ1) is 13.5. The van der Waals surface area contributed by atoms with Crippen LogP contribution in [0.25, 0.3) is 0 Å². The van der Waals surface area contributed by atoms with Crippen LogP contribution in [0, 0.1) is 0 Å². The molecule has 1 aromatic rings. The summed E-state index contributed by atoms with van der Waals surface area (Å²) in [5, 5.41) is 4.36. The molecule has 0 aromatic carbocycles. The Morgan fingerprint density at radius 1 is 1.31 bits per heavy atom. The number of carbonyl (C=O) groups excluding carboxylic acids is 4. The Balaban J connectivity index is 1.89. The number of ether oxygens (including phenoxy) is 2. The number of alkyl carbamates (subject to hydrolysis) is 1. The Kier molecular flexibility index (Phi) is 7.60. The van der Waals surface area contributed by atoms with Crippen LogP contribution in [0.3, 0.4) is 0 Å². The van der Waals surface area contributed by atoms with E-state index >= 15 is 0 Å². The van der Waals surface area contributed by atoms with Gasteiger partial charge in [-0.1, -0.05) is 0 Å². The average Bonchev–Trinajstić information content (AvgIpc) is 3.08. The predicted molar refractivity (Wildman–Crippen MR) is 106 cm³/mol. The minimum atomic E-state index is -1.14. The molecule has 2 rings (SSSR count). The van der Waals surface area contributed by atoms with Crippen LogP contribution in [0.15, 0.2) is 11.4 Å². The molecule has 2 heterocycles. The average molecular weight is 426 g/mol. The van der Waals surface area contributed by atoms with Gasteiger partial charge in [0.25, 0.3) is 5.91 Å². The van der Waals surface area contributed by atoms with E-state index < -0.39 is 36.2 Å². The third kappa shape index (κ3) is 7.37. The summed E-state index contributed by atoms with van der Waals surface area (Å²) >= 11 is 1.67. The third-order valence-electron chi connectivity index (χ3n) is 4.15. The molecule has 1 aromatic heterocycles. The molecular formula is C19H27N3O6S. The summed E-state index contributed by atoms with van der Waals surface area (Å²) in [7, 11) is 0. The molecule has 0 saturated heterocycles. The van der Waals surface area contributed by atoms with Gasteiger partial charge in [-0.15, -0.1) is 11.3 Å². The molecule has 1 atom stereocenters. The van der Waals surface area contributed by atoms with Crippen LogP contribution in [0.2, 0.25) is 0 Å². The summed E-state index contributed by atoms with van der Waals surface area (Å²) in [6, 6.07) is 0.839. The van der Waals surface area contributed by atoms with Crippen molar-refractivity contribution in [3.05, 3.63) is 21.9 Å². The van der Waals surface area contributed by atoms with Gasteiger partial charge in [-0.25, -0.2) is 9.59 Å². The summed E-state index contributed by atoms with van der Waals surface area (Å²) in [4.78, 5) is 50.7. The molecule has 10 heteroatoms. The number of thiophene rings is 1. The van der Waals surface area contributed by atoms with Gasteiger partial charge in [0.15, 0.2) is 6.61 Å². The molecule has 160 valence electrons. The Morgan fingerprint density at radius 3 is 2.69 bits per heavy atom. The SMILES string of the molecule is CC(C)(C)OC(=O)N[C@@H](CCC(N)=O)C(=O)OCC(=O)N1CCc2sccc2C1. The predicted octanol–water partition coefficient (Wildman–Crippen LogP) is 1.33. The number of fused-ring (bicyclic) bond motifs is 1. The largest absolute Gasteiger partial charge is 0.454 e. The molecule has 9 nitrogen and oxygen atoms in total. The number of hydrogen-bond acceptors (Lipinski definition) is 7. The lowest BCUT2D eigenvalue weighted by Gasteiger charge is -2.27. The van der Waals surface area contributed by atoms with E-state index in [1.54, 1.807) is 37.0 Å². The van der Waals surface area contributed by atoms with Crippen LogP contribution in [0.1, 0.15) is 44.1 Å². The number of nitrogens with two attached hydrogens (primary N) is 1. The fourth-order valence-corrected chi connectivity index (χ4v) is 3.66. The lowest BCUT2D eigenvalue weighted by Crippen LogP contribution is -2.46. The first kappa shape index (κ1) is 22.7. The molecule has 3 N–H and O–H groups in total. The van der Waals surface area contributed by atoms with Crippen molar-refractivity contribution in [3.8, 4) is 0 Å². The minimum absolute atomic E-state index is 0.0520. The molecule has 0 bridgehead atoms. The molecule has 0 spiro atoms. The Morgan fingerprint density at radius 2 is 2.03 bits per heavy atom. The van der Waals surface area contributed by atoms with Gasteiger partial charge in [-0.2, -0.15) is 0 Å². The summed E-state index contributed by atoms with van der Waals surface area (Å²) in [6.07, 6.45) is -0.231. The van der Waals surface area contributed by atoms with Crippen LogP contribution >= 0.6 is 11.3 Å². The van der Waals surface area contributed by atoms with Gasteiger partial charge in [-0.05, 0) is 50.6 Å². The number of rotatable bonds is 7. The van der Waals surface area contributed by atoms with Crippen LogP contribution in [0.5, 0.6) is 0 Å². The molecule has 1 aliphatic rings. The maximum Gasteiger partial charge on any atom is 0.408 e. The van der Waals surface area contributed by atoms with Crippen molar-refractivity contribution >= 4 is 35.2 Å². The van der Waals surface area contributed by atoms with Gasteiger partial charge in [0.05, 0.1) is 0 Å². The van der Waals surface area contributed by atoms with E-state index in [9.17, 15) is 19.2 Å². The first-order valence-electron chi connectivity index (χ1n) is 9.32. The zero-order chi connectivity index (χ0) is 21.6. The second-order valence-electron chi connectivity index (χ2n) is 7.75. The normalized spacial score (nSPS) is 14.5. The maximum absolute atomic E-state index is 12.4. The Labute approximate surface area is 173 Å². The molecule has 29 heavy (non-hydrogen) atoms. The van der Waals surface area contributed by atoms with Crippen LogP contribution in [0.4, 0.5) is 4.79 Å². The van der Waals surface area contributed by atoms with Crippen molar-refractivity contribution in [1.82, 2.24) is 10.2 Å². The molecule has 0 fully saturated rings. The van der Waals surface area contributed by atoms with Gasteiger partial charge in [-0.3, -0.25) is 9.59 Å². The first-order valence-corrected chi connectivity index (χ1v) is 10.2. The number of carbonyl (C=O) groups is 4. The van der Waals surface area contributed by atoms with Crippen LogP contribution in [-0.4, -0.2) is 53.6 Å². The summed E-state index contributed by atoms with van der Waals surface area (Å²) in [6.45, 7) is 5.64. The van der Waals surface area contributed by atoms with Crippen LogP contribution in [-0.2, 0) is 36.8 Å². The smallest absolute Gasteiger partial charge is 0.408 e. The number of nitrogens with one attached hydrogen (secondary N) is 1. The highest BCUT2D eigenvalue weighted by Gasteiger charge is 2.28. The third-order valence-corrected chi connectivity index (χ3v) is 5.18. The lowest BCUT2D eigenvalue weighted by atomic mass is 10.1. The van der Waals surface area contributed by atoms with E-state index in [0.717, 1.165) is 12.0 Å². The Bertz CT molecular complexity index is 770. The van der Waals surface area contributed by atoms with E-state index in [-0.39, 0.29) is 18.7 Å². The standard InChI is InChI=1S/C19H27N3O6S/c1-19(2,3)28-18(26)21-13(4-5-15(20)23)17(25)27-11-16(24)22-8-6-14-12(10-22)7-9-29-14/h7,9,13H,4-6,8,10-11H2,1-3H3,(H2,20,23)(H,21,26)/t13-/m0/s1. The Hall–Kier alpha value is -2.62. The van der Waals surface area contributed by atoms with Crippen molar-refractivity contribution in [1.29, 1.82) is 0 Å². The van der Waals surface area contributed by atoms with Crippen molar-refractivity contribution in [2.45, 2.75) is 58.2 Å². The van der Waals surface area contributed by atoms with E-state index in [4.69, 9.17) is 15.2 Å². The quantitative estimate of drug-likeness (QED) is 0.635. The summed E-state index contributed by atoms with van der Waals surface area (Å²) < 4.78 is 10.2. The van der Waals surface area contributed by atoms with E-state index in [0.29, 0.717) is 13.1 Å². The van der Waals surface area contributed by atoms with E-state index in [1.165, 1.54) is 4.88 Å². The number of hydrogen-bond donors (Lipinski definition) is 2. The van der Waals surface area contributed by atoms with Gasteiger partial charge >= 0.3 is 12.1 Å². The fraction of sp³-hybridized carbons (Fsp3) is 0.579. The van der Waals surface area contributed by atoms with Gasteiger partial charge in [0.1, 0.15) is 11.6 Å². The fourth-order valence-electron chi connectivity index (χ4n) is 2.77. The highest BCUT2D eigenvalue weighted by atomic mass is 32.1. The van der Waals surface area contributed by atoms with Gasteiger partial charge in [0, 0.05) is 24.4 Å². The van der Waals surface area contributed by atoms with Gasteiger partial charge in [0.2, 0.25) is 5.91 Å². The summed E-state index contributed by atoms with van der Waals surface area (Å²) in [5.74, 6) is -1.76. The van der Waals surface area contributed by atoms with Crippen molar-refractivity contribution in [3.63, 3.8) is 0 Å². The van der Waals surface area contributed by atoms with E-state index in [2.05, 4.69) is 5.32 Å². The lowest BCUT2D eigenvalue weighted by molar-refractivity contribution is -0.154. The topological polar surface area (TPSA) is 128 Å². The minimum Gasteiger partial charge on any atom is -0.454 e. The number of amides is 3. The van der Waals surface area contributed by atoms with Gasteiger partial charge < -0.3 is 25.4 Å². The highest BCUT2D eigenvalue weighted by Crippen LogP contribution is 2.24. The molecule has 0 aliphatic carbocycles. The molecule has 0 radical (unpaired) electrons. The molecule has 1 aliphatic heterocycles. The number of nitrogens with zero attached hydrogens (tertiary/aromatic N) is 1. The zero-order valence-electron chi connectivity index (χ0n) is 16.9. The van der Waals surface area contributed by atoms with E-state index in [1.807, 2.05) is 11.4 Å². The summed E-state index contributed by atoms with van der Waals surface area (Å²) in [5.41, 5.74) is 5.47. The number of esters is 1. The van der Waals surface area contributed by atoms with Crippen LogP contribution < -0.4 is 11.1 Å².